The molecule has 1 heterocycles. The third-order valence-electron chi connectivity index (χ3n) is 2.59. The van der Waals surface area contributed by atoms with E-state index in [1.807, 2.05) is 0 Å². The molecule has 96 valence electrons. The molecule has 17 heavy (non-hydrogen) atoms. The summed E-state index contributed by atoms with van der Waals surface area (Å²) in [5, 5.41) is 19.9. The summed E-state index contributed by atoms with van der Waals surface area (Å²) in [6.07, 6.45) is 2.69. The lowest BCUT2D eigenvalue weighted by molar-refractivity contribution is -0.156. The van der Waals surface area contributed by atoms with E-state index in [1.165, 1.54) is 0 Å². The van der Waals surface area contributed by atoms with E-state index in [9.17, 15) is 9.90 Å². The van der Waals surface area contributed by atoms with E-state index in [0.717, 1.165) is 5.69 Å². The summed E-state index contributed by atoms with van der Waals surface area (Å²) in [6.45, 7) is 5.29. The summed E-state index contributed by atoms with van der Waals surface area (Å²) >= 11 is 0. The number of carbonyl (C=O) groups excluding carboxylic acids is 1. The quantitative estimate of drug-likeness (QED) is 0.715. The lowest BCUT2D eigenvalue weighted by Crippen LogP contribution is -2.38. The fraction of sp³-hybridized carbons (Fsp3) is 0.727. The highest BCUT2D eigenvalue weighted by Crippen LogP contribution is 2.23. The number of aryl methyl sites for hydroxylation is 1. The molecule has 0 radical (unpaired) electrons. The molecule has 6 heteroatoms. The number of rotatable bonds is 6. The van der Waals surface area contributed by atoms with Crippen molar-refractivity contribution in [2.75, 3.05) is 6.61 Å². The predicted molar refractivity (Wildman–Crippen MR) is 61.1 cm³/mol. The Kier molecular flexibility index (Phi) is 4.62. The van der Waals surface area contributed by atoms with Crippen LogP contribution in [0.1, 0.15) is 32.9 Å². The number of aromatic nitrogens is 3. The first-order valence-corrected chi connectivity index (χ1v) is 5.69. The highest BCUT2D eigenvalue weighted by molar-refractivity contribution is 5.73. The normalized spacial score (nSPS) is 13.4. The van der Waals surface area contributed by atoms with Gasteiger partial charge in [-0.05, 0) is 33.6 Å². The summed E-state index contributed by atoms with van der Waals surface area (Å²) in [7, 11) is 0. The number of hydrogen-bond donors (Lipinski definition) is 2. The van der Waals surface area contributed by atoms with Gasteiger partial charge in [0, 0.05) is 0 Å². The molecule has 0 aromatic carbocycles. The van der Waals surface area contributed by atoms with Gasteiger partial charge in [-0.15, -0.1) is 5.10 Å². The summed E-state index contributed by atoms with van der Waals surface area (Å²) in [4.78, 5) is 11.7. The van der Waals surface area contributed by atoms with Crippen LogP contribution in [-0.4, -0.2) is 38.7 Å². The van der Waals surface area contributed by atoms with Crippen LogP contribution in [0.15, 0.2) is 6.20 Å². The van der Waals surface area contributed by atoms with Gasteiger partial charge in [-0.25, -0.2) is 0 Å². The van der Waals surface area contributed by atoms with Gasteiger partial charge in [0.15, 0.2) is 0 Å². The van der Waals surface area contributed by atoms with E-state index in [-0.39, 0.29) is 5.97 Å². The number of ether oxygens (including phenoxy) is 1. The third-order valence-corrected chi connectivity index (χ3v) is 2.59. The molecular formula is C11H19N3O3. The monoisotopic (exact) mass is 241 g/mol. The van der Waals surface area contributed by atoms with Crippen LogP contribution in [-0.2, 0) is 16.0 Å². The second-order valence-corrected chi connectivity index (χ2v) is 4.48. The fourth-order valence-electron chi connectivity index (χ4n) is 1.64. The predicted octanol–water partition coefficient (Wildman–Crippen LogP) is 0.687. The molecule has 0 saturated carbocycles. The van der Waals surface area contributed by atoms with Crippen LogP contribution in [0.25, 0.3) is 0 Å². The van der Waals surface area contributed by atoms with Gasteiger partial charge in [0.05, 0.1) is 30.0 Å². The van der Waals surface area contributed by atoms with E-state index in [1.54, 1.807) is 27.0 Å². The molecule has 0 saturated heterocycles. The van der Waals surface area contributed by atoms with Crippen molar-refractivity contribution in [2.24, 2.45) is 5.92 Å². The van der Waals surface area contributed by atoms with E-state index in [4.69, 9.17) is 4.74 Å². The molecule has 1 aromatic heterocycles. The molecular weight excluding hydrogens is 222 g/mol. The molecule has 0 aliphatic heterocycles. The zero-order valence-corrected chi connectivity index (χ0v) is 10.4. The zero-order chi connectivity index (χ0) is 12.9. The highest BCUT2D eigenvalue weighted by atomic mass is 16.5. The van der Waals surface area contributed by atoms with Gasteiger partial charge >= 0.3 is 5.97 Å². The van der Waals surface area contributed by atoms with E-state index in [0.29, 0.717) is 19.4 Å². The van der Waals surface area contributed by atoms with E-state index >= 15 is 0 Å². The number of esters is 1. The van der Waals surface area contributed by atoms with Gasteiger partial charge < -0.3 is 9.84 Å². The molecule has 2 N–H and O–H groups in total. The molecule has 1 rings (SSSR count). The maximum Gasteiger partial charge on any atom is 0.311 e. The van der Waals surface area contributed by atoms with Gasteiger partial charge in [0.1, 0.15) is 0 Å². The average molecular weight is 241 g/mol. The van der Waals surface area contributed by atoms with E-state index < -0.39 is 11.5 Å². The van der Waals surface area contributed by atoms with Crippen LogP contribution in [0.5, 0.6) is 0 Å². The Morgan fingerprint density at radius 2 is 2.35 bits per heavy atom. The van der Waals surface area contributed by atoms with Crippen LogP contribution >= 0.6 is 0 Å². The van der Waals surface area contributed by atoms with Crippen molar-refractivity contribution in [3.05, 3.63) is 11.9 Å². The smallest absolute Gasteiger partial charge is 0.311 e. The lowest BCUT2D eigenvalue weighted by Gasteiger charge is -2.27. The van der Waals surface area contributed by atoms with Crippen molar-refractivity contribution in [3.8, 4) is 0 Å². The number of aliphatic hydroxyl groups is 1. The number of nitrogens with zero attached hydrogens (tertiary/aromatic N) is 2. The first kappa shape index (κ1) is 13.6. The van der Waals surface area contributed by atoms with Gasteiger partial charge in [-0.2, -0.15) is 0 Å². The summed E-state index contributed by atoms with van der Waals surface area (Å²) in [5.41, 5.74) is -0.261. The van der Waals surface area contributed by atoms with Crippen LogP contribution in [0, 0.1) is 5.92 Å². The SMILES string of the molecule is CCOC(=O)C(CCc1cnn[nH]1)C(C)(C)O. The number of nitrogens with one attached hydrogen (secondary N) is 1. The molecule has 0 aliphatic rings. The largest absolute Gasteiger partial charge is 0.466 e. The topological polar surface area (TPSA) is 88.1 Å². The molecule has 0 spiro atoms. The average Bonchev–Trinajstić information content (AvgIpc) is 2.69. The molecule has 1 aromatic rings. The number of aromatic amines is 1. The highest BCUT2D eigenvalue weighted by Gasteiger charge is 2.34. The zero-order valence-electron chi connectivity index (χ0n) is 10.4. The Balaban J connectivity index is 2.61. The number of carbonyl (C=O) groups is 1. The molecule has 0 bridgehead atoms. The van der Waals surface area contributed by atoms with Gasteiger partial charge in [0.25, 0.3) is 0 Å². The molecule has 0 fully saturated rings. The van der Waals surface area contributed by atoms with Crippen LogP contribution in [0.4, 0.5) is 0 Å². The minimum atomic E-state index is -1.10. The molecule has 1 unspecified atom stereocenters. The van der Waals surface area contributed by atoms with Gasteiger partial charge in [0.2, 0.25) is 0 Å². The van der Waals surface area contributed by atoms with Crippen molar-refractivity contribution in [2.45, 2.75) is 39.2 Å². The maximum absolute atomic E-state index is 11.7. The summed E-state index contributed by atoms with van der Waals surface area (Å²) in [6, 6.07) is 0. The van der Waals surface area contributed by atoms with Crippen molar-refractivity contribution in [3.63, 3.8) is 0 Å². The summed E-state index contributed by atoms with van der Waals surface area (Å²) in [5.74, 6) is -0.918. The van der Waals surface area contributed by atoms with Crippen LogP contribution < -0.4 is 0 Å². The Morgan fingerprint density at radius 3 is 2.82 bits per heavy atom. The molecule has 0 aliphatic carbocycles. The van der Waals surface area contributed by atoms with E-state index in [2.05, 4.69) is 15.4 Å². The van der Waals surface area contributed by atoms with Crippen molar-refractivity contribution in [1.29, 1.82) is 0 Å². The minimum Gasteiger partial charge on any atom is -0.466 e. The lowest BCUT2D eigenvalue weighted by atomic mass is 9.86. The molecule has 6 nitrogen and oxygen atoms in total. The van der Waals surface area contributed by atoms with Crippen molar-refractivity contribution >= 4 is 5.97 Å². The van der Waals surface area contributed by atoms with Crippen molar-refractivity contribution < 1.29 is 14.6 Å². The summed E-state index contributed by atoms with van der Waals surface area (Å²) < 4.78 is 4.96. The Bertz CT molecular complexity index is 343. The Hall–Kier alpha value is -1.43. The first-order valence-electron chi connectivity index (χ1n) is 5.69. The second kappa shape index (κ2) is 5.77. The number of H-pyrrole nitrogens is 1. The first-order chi connectivity index (χ1) is 7.95. The second-order valence-electron chi connectivity index (χ2n) is 4.48. The van der Waals surface area contributed by atoms with Gasteiger partial charge in [-0.1, -0.05) is 5.21 Å². The molecule has 0 amide bonds. The number of hydrogen-bond acceptors (Lipinski definition) is 5. The van der Waals surface area contributed by atoms with Gasteiger partial charge in [-0.3, -0.25) is 9.89 Å². The minimum absolute atomic E-state index is 0.316. The van der Waals surface area contributed by atoms with Crippen molar-refractivity contribution in [1.82, 2.24) is 15.4 Å². The Morgan fingerprint density at radius 1 is 1.65 bits per heavy atom. The maximum atomic E-state index is 11.7. The van der Waals surface area contributed by atoms with Crippen LogP contribution in [0.2, 0.25) is 0 Å². The Labute approximate surface area is 100 Å². The van der Waals surface area contributed by atoms with Crippen LogP contribution in [0.3, 0.4) is 0 Å². The molecule has 1 atom stereocenters. The standard InChI is InChI=1S/C11H19N3O3/c1-4-17-10(15)9(11(2,3)16)6-5-8-7-12-14-13-8/h7,9,16H,4-6H2,1-3H3,(H,12,13,14). The third kappa shape index (κ3) is 4.14. The fourth-order valence-corrected chi connectivity index (χ4v) is 1.64.